The van der Waals surface area contributed by atoms with E-state index in [1.54, 1.807) is 12.1 Å². The molecule has 94 valence electrons. The van der Waals surface area contributed by atoms with Gasteiger partial charge in [-0.15, -0.1) is 0 Å². The zero-order valence-corrected chi connectivity index (χ0v) is 10.2. The molecule has 1 fully saturated rings. The molecule has 0 atom stereocenters. The molecule has 0 aliphatic heterocycles. The van der Waals surface area contributed by atoms with Gasteiger partial charge in [-0.1, -0.05) is 6.07 Å². The fourth-order valence-corrected chi connectivity index (χ4v) is 2.33. The molecule has 1 aliphatic rings. The highest BCUT2D eigenvalue weighted by Crippen LogP contribution is 2.46. The van der Waals surface area contributed by atoms with Gasteiger partial charge in [0.15, 0.2) is 0 Å². The van der Waals surface area contributed by atoms with E-state index in [1.807, 2.05) is 6.07 Å². The number of nitrogens with zero attached hydrogens (tertiary/aromatic N) is 1. The summed E-state index contributed by atoms with van der Waals surface area (Å²) < 4.78 is 13.4. The molecule has 0 aromatic heterocycles. The second-order valence-corrected chi connectivity index (χ2v) is 4.85. The number of rotatable bonds is 2. The molecule has 0 bridgehead atoms. The lowest BCUT2D eigenvalue weighted by molar-refractivity contribution is 0.475. The van der Waals surface area contributed by atoms with Gasteiger partial charge in [0.2, 0.25) is 0 Å². The van der Waals surface area contributed by atoms with Crippen LogP contribution in [0.4, 0.5) is 4.39 Å². The standard InChI is InChI=1S/C16H12FNO/c17-12-4-6-16(19)15(8-12)13-5-1-10(9-18)7-14(13)11-2-3-11/h1,4-8,11,19H,2-3H2. The number of aromatic hydroxyl groups is 1. The maximum Gasteiger partial charge on any atom is 0.124 e. The smallest absolute Gasteiger partial charge is 0.124 e. The summed E-state index contributed by atoms with van der Waals surface area (Å²) in [6.45, 7) is 0. The van der Waals surface area contributed by atoms with Crippen molar-refractivity contribution in [3.05, 3.63) is 53.3 Å². The highest BCUT2D eigenvalue weighted by Gasteiger charge is 2.27. The van der Waals surface area contributed by atoms with Crippen molar-refractivity contribution < 1.29 is 9.50 Å². The largest absolute Gasteiger partial charge is 0.507 e. The van der Waals surface area contributed by atoms with E-state index in [1.165, 1.54) is 18.2 Å². The van der Waals surface area contributed by atoms with E-state index in [0.717, 1.165) is 24.0 Å². The van der Waals surface area contributed by atoms with Crippen LogP contribution in [0, 0.1) is 17.1 Å². The summed E-state index contributed by atoms with van der Waals surface area (Å²) in [5, 5.41) is 18.9. The zero-order chi connectivity index (χ0) is 13.4. The Morgan fingerprint density at radius 3 is 2.58 bits per heavy atom. The molecule has 3 heteroatoms. The predicted molar refractivity (Wildman–Crippen MR) is 70.2 cm³/mol. The quantitative estimate of drug-likeness (QED) is 0.880. The van der Waals surface area contributed by atoms with Crippen LogP contribution in [0.1, 0.15) is 29.9 Å². The molecule has 3 rings (SSSR count). The molecular formula is C16H12FNO. The number of phenolic OH excluding ortho intramolecular Hbond substituents is 1. The summed E-state index contributed by atoms with van der Waals surface area (Å²) in [4.78, 5) is 0. The third-order valence-electron chi connectivity index (χ3n) is 3.45. The normalized spacial score (nSPS) is 14.1. The summed E-state index contributed by atoms with van der Waals surface area (Å²) in [5.74, 6) is 0.109. The number of phenols is 1. The van der Waals surface area contributed by atoms with Crippen LogP contribution >= 0.6 is 0 Å². The Balaban J connectivity index is 2.19. The van der Waals surface area contributed by atoms with E-state index in [2.05, 4.69) is 6.07 Å². The van der Waals surface area contributed by atoms with Gasteiger partial charge in [0.05, 0.1) is 11.6 Å². The fraction of sp³-hybridized carbons (Fsp3) is 0.188. The number of nitriles is 1. The van der Waals surface area contributed by atoms with Gasteiger partial charge in [-0.3, -0.25) is 0 Å². The number of hydrogen-bond acceptors (Lipinski definition) is 2. The van der Waals surface area contributed by atoms with Gasteiger partial charge < -0.3 is 5.11 Å². The average Bonchev–Trinajstić information content (AvgIpc) is 3.25. The maximum absolute atomic E-state index is 13.4. The van der Waals surface area contributed by atoms with E-state index in [-0.39, 0.29) is 11.6 Å². The molecule has 1 saturated carbocycles. The van der Waals surface area contributed by atoms with Gasteiger partial charge in [0.1, 0.15) is 11.6 Å². The molecule has 1 N–H and O–H groups in total. The van der Waals surface area contributed by atoms with E-state index in [0.29, 0.717) is 17.0 Å². The van der Waals surface area contributed by atoms with Crippen LogP contribution < -0.4 is 0 Å². The Bertz CT molecular complexity index is 684. The first-order chi connectivity index (χ1) is 9.19. The van der Waals surface area contributed by atoms with Gasteiger partial charge in [0, 0.05) is 5.56 Å². The van der Waals surface area contributed by atoms with Gasteiger partial charge in [-0.2, -0.15) is 5.26 Å². The van der Waals surface area contributed by atoms with Crippen molar-refractivity contribution in [2.45, 2.75) is 18.8 Å². The van der Waals surface area contributed by atoms with Crippen molar-refractivity contribution in [3.8, 4) is 22.9 Å². The topological polar surface area (TPSA) is 44.0 Å². The molecule has 2 aromatic carbocycles. The Hall–Kier alpha value is -2.34. The number of benzene rings is 2. The van der Waals surface area contributed by atoms with Crippen LogP contribution in [0.3, 0.4) is 0 Å². The van der Waals surface area contributed by atoms with Gasteiger partial charge in [-0.05, 0) is 60.2 Å². The van der Waals surface area contributed by atoms with Gasteiger partial charge in [0.25, 0.3) is 0 Å². The summed E-state index contributed by atoms with van der Waals surface area (Å²) in [7, 11) is 0. The lowest BCUT2D eigenvalue weighted by Crippen LogP contribution is -1.90. The summed E-state index contributed by atoms with van der Waals surface area (Å²) in [6, 6.07) is 11.4. The Morgan fingerprint density at radius 2 is 1.89 bits per heavy atom. The minimum Gasteiger partial charge on any atom is -0.507 e. The fourth-order valence-electron chi connectivity index (χ4n) is 2.33. The van der Waals surface area contributed by atoms with Crippen molar-refractivity contribution >= 4 is 0 Å². The summed E-state index contributed by atoms with van der Waals surface area (Å²) in [5.41, 5.74) is 2.94. The third-order valence-corrected chi connectivity index (χ3v) is 3.45. The van der Waals surface area contributed by atoms with E-state index < -0.39 is 0 Å². The molecule has 0 saturated heterocycles. The van der Waals surface area contributed by atoms with Crippen LogP contribution in [0.5, 0.6) is 5.75 Å². The highest BCUT2D eigenvalue weighted by molar-refractivity contribution is 5.74. The van der Waals surface area contributed by atoms with Crippen molar-refractivity contribution in [2.75, 3.05) is 0 Å². The van der Waals surface area contributed by atoms with Gasteiger partial charge >= 0.3 is 0 Å². The van der Waals surface area contributed by atoms with Crippen LogP contribution in [-0.2, 0) is 0 Å². The van der Waals surface area contributed by atoms with Crippen LogP contribution in [-0.4, -0.2) is 5.11 Å². The monoisotopic (exact) mass is 253 g/mol. The van der Waals surface area contributed by atoms with Crippen molar-refractivity contribution in [2.24, 2.45) is 0 Å². The molecule has 2 nitrogen and oxygen atoms in total. The van der Waals surface area contributed by atoms with Crippen molar-refractivity contribution in [1.29, 1.82) is 5.26 Å². The maximum atomic E-state index is 13.4. The lowest BCUT2D eigenvalue weighted by atomic mass is 9.94. The average molecular weight is 253 g/mol. The molecule has 0 unspecified atom stereocenters. The zero-order valence-electron chi connectivity index (χ0n) is 10.2. The predicted octanol–water partition coefficient (Wildman–Crippen LogP) is 3.95. The second kappa shape index (κ2) is 4.40. The molecule has 2 aromatic rings. The molecule has 19 heavy (non-hydrogen) atoms. The SMILES string of the molecule is N#Cc1ccc(-c2cc(F)ccc2O)c(C2CC2)c1. The Labute approximate surface area is 110 Å². The summed E-state index contributed by atoms with van der Waals surface area (Å²) >= 11 is 0. The number of hydrogen-bond donors (Lipinski definition) is 1. The van der Waals surface area contributed by atoms with E-state index in [4.69, 9.17) is 5.26 Å². The Morgan fingerprint density at radius 1 is 1.11 bits per heavy atom. The summed E-state index contributed by atoms with van der Waals surface area (Å²) in [6.07, 6.45) is 2.16. The molecule has 0 heterocycles. The van der Waals surface area contributed by atoms with Crippen molar-refractivity contribution in [1.82, 2.24) is 0 Å². The first-order valence-electron chi connectivity index (χ1n) is 6.22. The Kier molecular flexibility index (Phi) is 2.72. The molecule has 1 aliphatic carbocycles. The second-order valence-electron chi connectivity index (χ2n) is 4.85. The van der Waals surface area contributed by atoms with Gasteiger partial charge in [-0.25, -0.2) is 4.39 Å². The highest BCUT2D eigenvalue weighted by atomic mass is 19.1. The third kappa shape index (κ3) is 2.17. The molecule has 0 amide bonds. The van der Waals surface area contributed by atoms with Crippen molar-refractivity contribution in [3.63, 3.8) is 0 Å². The van der Waals surface area contributed by atoms with Crippen LogP contribution in [0.15, 0.2) is 36.4 Å². The first kappa shape index (κ1) is 11.7. The van der Waals surface area contributed by atoms with Crippen LogP contribution in [0.2, 0.25) is 0 Å². The lowest BCUT2D eigenvalue weighted by Gasteiger charge is -2.11. The molecule has 0 radical (unpaired) electrons. The minimum atomic E-state index is -0.376. The first-order valence-corrected chi connectivity index (χ1v) is 6.22. The van der Waals surface area contributed by atoms with Crippen LogP contribution in [0.25, 0.3) is 11.1 Å². The number of halogens is 1. The molecule has 0 spiro atoms. The minimum absolute atomic E-state index is 0.0630. The van der Waals surface area contributed by atoms with E-state index in [9.17, 15) is 9.50 Å². The molecular weight excluding hydrogens is 241 g/mol. The van der Waals surface area contributed by atoms with E-state index >= 15 is 0 Å².